The van der Waals surface area contributed by atoms with Crippen molar-refractivity contribution in [3.05, 3.63) is 67.8 Å². The summed E-state index contributed by atoms with van der Waals surface area (Å²) in [5.74, 6) is 0. The van der Waals surface area contributed by atoms with E-state index in [2.05, 4.69) is 95.1 Å². The molecule has 0 atom stereocenters. The van der Waals surface area contributed by atoms with Crippen molar-refractivity contribution >= 4 is 65.4 Å². The van der Waals surface area contributed by atoms with E-state index in [1.807, 2.05) is 36.4 Å². The third-order valence-electron chi connectivity index (χ3n) is 2.05. The van der Waals surface area contributed by atoms with Crippen LogP contribution in [0.2, 0.25) is 0 Å². The first kappa shape index (κ1) is 39.6. The van der Waals surface area contributed by atoms with Gasteiger partial charge in [-0.05, 0) is 69.4 Å². The molecule has 0 aliphatic carbocycles. The van der Waals surface area contributed by atoms with Crippen LogP contribution in [-0.2, 0) is 20.2 Å². The van der Waals surface area contributed by atoms with E-state index in [1.165, 1.54) is 7.14 Å². The SMILES string of the molecule is C#C.C#C.Ic1ccccc1.Ic1ccccc1.O=S(=O)(O)C(F)(F)F.O=S(=O)(O)C(F)(F)F. The molecule has 0 unspecified atom stereocenters. The normalized spacial score (nSPS) is 10.3. The number of benzene rings is 2. The van der Waals surface area contributed by atoms with Gasteiger partial charge in [-0.15, -0.1) is 25.7 Å². The molecule has 0 saturated heterocycles. The van der Waals surface area contributed by atoms with Crippen molar-refractivity contribution in [1.82, 2.24) is 0 Å². The Morgan fingerprint density at radius 3 is 0.765 bits per heavy atom. The van der Waals surface area contributed by atoms with E-state index in [4.69, 9.17) is 25.9 Å². The Morgan fingerprint density at radius 2 is 0.706 bits per heavy atom. The van der Waals surface area contributed by atoms with E-state index in [0.717, 1.165) is 0 Å². The molecule has 192 valence electrons. The van der Waals surface area contributed by atoms with Gasteiger partial charge in [0, 0.05) is 7.14 Å². The maximum absolute atomic E-state index is 10.7. The van der Waals surface area contributed by atoms with Crippen LogP contribution in [0.5, 0.6) is 0 Å². The summed E-state index contributed by atoms with van der Waals surface area (Å²) in [5, 5.41) is 0. The Balaban J connectivity index is -0.000000168. The molecule has 2 rings (SSSR count). The van der Waals surface area contributed by atoms with Crippen LogP contribution >= 0.6 is 45.2 Å². The summed E-state index contributed by atoms with van der Waals surface area (Å²) in [6.45, 7) is 0. The number of terminal acetylenes is 2. The molecule has 0 aliphatic rings. The lowest BCUT2D eigenvalue weighted by Crippen LogP contribution is -2.21. The third kappa shape index (κ3) is 25.1. The first-order valence-corrected chi connectivity index (χ1v) is 12.5. The summed E-state index contributed by atoms with van der Waals surface area (Å²) in [6, 6.07) is 20.4. The molecule has 0 spiro atoms. The molecule has 2 aromatic rings. The summed E-state index contributed by atoms with van der Waals surface area (Å²) >= 11 is 4.56. The Bertz CT molecular complexity index is 937. The van der Waals surface area contributed by atoms with Crippen molar-refractivity contribution in [2.75, 3.05) is 0 Å². The molecule has 6 nitrogen and oxygen atoms in total. The minimum Gasteiger partial charge on any atom is -0.279 e. The van der Waals surface area contributed by atoms with Gasteiger partial charge in [0.2, 0.25) is 0 Å². The number of rotatable bonds is 0. The molecule has 2 aromatic carbocycles. The molecular weight excluding hydrogens is 744 g/mol. The van der Waals surface area contributed by atoms with E-state index in [1.54, 1.807) is 0 Å². The zero-order valence-electron chi connectivity index (χ0n) is 16.5. The highest BCUT2D eigenvalue weighted by Crippen LogP contribution is 2.21. The average molecular weight is 760 g/mol. The molecule has 0 aliphatic heterocycles. The molecule has 0 heterocycles. The van der Waals surface area contributed by atoms with Gasteiger partial charge >= 0.3 is 31.3 Å². The van der Waals surface area contributed by atoms with Gasteiger partial charge in [-0.2, -0.15) is 43.2 Å². The number of hydrogen-bond acceptors (Lipinski definition) is 4. The lowest BCUT2D eigenvalue weighted by molar-refractivity contribution is -0.0514. The Morgan fingerprint density at radius 1 is 0.559 bits per heavy atom. The standard InChI is InChI=1S/2C6H5I.2C2H2.2CHF3O3S/c2*7-6-4-2-1-3-5-6;2*1-2;2*2-1(3,4)8(5,6)7/h2*1-5H;2*1-2H;2*(H,5,6,7). The maximum atomic E-state index is 10.7. The fourth-order valence-electron chi connectivity index (χ4n) is 0.829. The second kappa shape index (κ2) is 19.7. The van der Waals surface area contributed by atoms with Crippen LogP contribution in [0.25, 0.3) is 0 Å². The number of alkyl halides is 6. The van der Waals surface area contributed by atoms with Crippen LogP contribution < -0.4 is 0 Å². The molecule has 34 heavy (non-hydrogen) atoms. The third-order valence-corrected chi connectivity index (χ3v) is 4.66. The first-order valence-electron chi connectivity index (χ1n) is 7.44. The summed E-state index contributed by atoms with van der Waals surface area (Å²) in [4.78, 5) is 0. The lowest BCUT2D eigenvalue weighted by Gasteiger charge is -1.97. The van der Waals surface area contributed by atoms with Gasteiger partial charge in [0.15, 0.2) is 0 Å². The largest absolute Gasteiger partial charge is 0.522 e. The highest BCUT2D eigenvalue weighted by atomic mass is 127. The topological polar surface area (TPSA) is 109 Å². The smallest absolute Gasteiger partial charge is 0.279 e. The molecule has 0 fully saturated rings. The van der Waals surface area contributed by atoms with Gasteiger partial charge in [0.05, 0.1) is 0 Å². The van der Waals surface area contributed by atoms with Gasteiger partial charge in [-0.3, -0.25) is 9.11 Å². The van der Waals surface area contributed by atoms with Gasteiger partial charge in [-0.1, -0.05) is 36.4 Å². The minimum absolute atomic E-state index is 1.29. The molecule has 0 aromatic heterocycles. The zero-order valence-corrected chi connectivity index (χ0v) is 22.4. The van der Waals surface area contributed by atoms with E-state index < -0.39 is 31.3 Å². The quantitative estimate of drug-likeness (QED) is 0.115. The monoisotopic (exact) mass is 760 g/mol. The highest BCUT2D eigenvalue weighted by molar-refractivity contribution is 14.1. The first-order chi connectivity index (χ1) is 15.3. The summed E-state index contributed by atoms with van der Waals surface area (Å²) in [6.07, 6.45) is 16.0. The van der Waals surface area contributed by atoms with Crippen molar-refractivity contribution < 1.29 is 52.3 Å². The van der Waals surface area contributed by atoms with Crippen LogP contribution in [0, 0.1) is 32.8 Å². The van der Waals surface area contributed by atoms with Gasteiger partial charge in [-0.25, -0.2) is 0 Å². The van der Waals surface area contributed by atoms with E-state index in [0.29, 0.717) is 0 Å². The predicted molar refractivity (Wildman–Crippen MR) is 133 cm³/mol. The lowest BCUT2D eigenvalue weighted by atomic mass is 10.4. The summed E-state index contributed by atoms with van der Waals surface area (Å²) in [5.41, 5.74) is -11.1. The Hall–Kier alpha value is -1.58. The predicted octanol–water partition coefficient (Wildman–Crippen LogP) is 5.87. The van der Waals surface area contributed by atoms with Crippen LogP contribution in [0.3, 0.4) is 0 Å². The molecule has 0 amide bonds. The van der Waals surface area contributed by atoms with Crippen LogP contribution in [0.4, 0.5) is 26.3 Å². The average Bonchev–Trinajstić information content (AvgIpc) is 2.71. The molecule has 0 bridgehead atoms. The Labute approximate surface area is 220 Å². The summed E-state index contributed by atoms with van der Waals surface area (Å²) in [7, 11) is -11.7. The number of hydrogen-bond donors (Lipinski definition) is 2. The Kier molecular flexibility index (Phi) is 23.0. The molecule has 0 saturated carbocycles. The fourth-order valence-corrected chi connectivity index (χ4v) is 1.66. The molecular formula is C18H16F6I2O6S2. The summed E-state index contributed by atoms with van der Waals surface area (Å²) < 4.78 is 118. The van der Waals surface area contributed by atoms with Crippen LogP contribution in [0.15, 0.2) is 60.7 Å². The van der Waals surface area contributed by atoms with Crippen molar-refractivity contribution in [2.45, 2.75) is 11.0 Å². The molecule has 0 radical (unpaired) electrons. The fraction of sp³-hybridized carbons (Fsp3) is 0.111. The van der Waals surface area contributed by atoms with Crippen molar-refractivity contribution in [3.8, 4) is 25.7 Å². The van der Waals surface area contributed by atoms with E-state index in [-0.39, 0.29) is 0 Å². The van der Waals surface area contributed by atoms with Gasteiger partial charge in [0.25, 0.3) is 0 Å². The van der Waals surface area contributed by atoms with E-state index in [9.17, 15) is 26.3 Å². The molecule has 16 heteroatoms. The zero-order chi connectivity index (χ0) is 28.2. The second-order valence-corrected chi connectivity index (χ2v) is 9.75. The second-order valence-electron chi connectivity index (χ2n) is 4.43. The van der Waals surface area contributed by atoms with Gasteiger partial charge < -0.3 is 0 Å². The van der Waals surface area contributed by atoms with Crippen LogP contribution in [0.1, 0.15) is 0 Å². The maximum Gasteiger partial charge on any atom is 0.522 e. The molecule has 2 N–H and O–H groups in total. The number of halogens is 8. The van der Waals surface area contributed by atoms with Crippen molar-refractivity contribution in [2.24, 2.45) is 0 Å². The highest BCUT2D eigenvalue weighted by Gasteiger charge is 2.45. The van der Waals surface area contributed by atoms with Crippen molar-refractivity contribution in [1.29, 1.82) is 0 Å². The van der Waals surface area contributed by atoms with Gasteiger partial charge in [0.1, 0.15) is 0 Å². The minimum atomic E-state index is -5.84. The van der Waals surface area contributed by atoms with Crippen molar-refractivity contribution in [3.63, 3.8) is 0 Å². The van der Waals surface area contributed by atoms with Crippen LogP contribution in [-0.4, -0.2) is 37.0 Å². The van der Waals surface area contributed by atoms with E-state index >= 15 is 0 Å².